The Morgan fingerprint density at radius 3 is 2.43 bits per heavy atom. The fraction of sp³-hybridized carbons (Fsp3) is 0.130. The highest BCUT2D eigenvalue weighted by molar-refractivity contribution is 7.92. The number of aryl methyl sites for hydroxylation is 1. The third kappa shape index (κ3) is 5.42. The van der Waals surface area contributed by atoms with Crippen molar-refractivity contribution in [2.45, 2.75) is 24.8 Å². The third-order valence-corrected chi connectivity index (χ3v) is 6.58. The van der Waals surface area contributed by atoms with Crippen molar-refractivity contribution < 1.29 is 13.2 Å². The molecular weight excluding hydrogens is 490 g/mol. The minimum atomic E-state index is -3.89. The van der Waals surface area contributed by atoms with Crippen molar-refractivity contribution in [2.75, 3.05) is 4.72 Å². The molecule has 35 heavy (non-hydrogen) atoms. The van der Waals surface area contributed by atoms with Gasteiger partial charge in [0.2, 0.25) is 5.95 Å². The molecule has 1 amide bonds. The number of benzene rings is 2. The molecule has 3 aromatic rings. The molecule has 0 bridgehead atoms. The van der Waals surface area contributed by atoms with Gasteiger partial charge in [-0.3, -0.25) is 4.79 Å². The van der Waals surface area contributed by atoms with Crippen LogP contribution in [0, 0.1) is 6.92 Å². The summed E-state index contributed by atoms with van der Waals surface area (Å²) >= 11 is 5.92. The number of azo groups is 1. The van der Waals surface area contributed by atoms with Crippen LogP contribution in [0.15, 0.2) is 87.6 Å². The molecular formula is C23H20ClN7O3S. The molecule has 1 atom stereocenters. The van der Waals surface area contributed by atoms with Crippen molar-refractivity contribution in [3.8, 4) is 0 Å². The number of aromatic nitrogens is 2. The van der Waals surface area contributed by atoms with Crippen LogP contribution in [0.5, 0.6) is 0 Å². The molecule has 0 fully saturated rings. The van der Waals surface area contributed by atoms with E-state index in [9.17, 15) is 13.2 Å². The van der Waals surface area contributed by atoms with E-state index >= 15 is 0 Å². The van der Waals surface area contributed by atoms with Gasteiger partial charge in [0.05, 0.1) is 22.0 Å². The van der Waals surface area contributed by atoms with E-state index < -0.39 is 22.0 Å². The number of hydrogen-bond donors (Lipinski definition) is 1. The van der Waals surface area contributed by atoms with E-state index in [2.05, 4.69) is 36.6 Å². The van der Waals surface area contributed by atoms with Gasteiger partial charge in [0.15, 0.2) is 6.04 Å². The number of nitrogens with zero attached hydrogens (tertiary/aromatic N) is 6. The zero-order chi connectivity index (χ0) is 25.2. The highest BCUT2D eigenvalue weighted by Crippen LogP contribution is 2.26. The van der Waals surface area contributed by atoms with Crippen LogP contribution in [0.4, 0.5) is 11.6 Å². The van der Waals surface area contributed by atoms with Gasteiger partial charge >= 0.3 is 0 Å². The Morgan fingerprint density at radius 2 is 1.77 bits per heavy atom. The van der Waals surface area contributed by atoms with Crippen molar-refractivity contribution in [3.63, 3.8) is 0 Å². The Kier molecular flexibility index (Phi) is 6.72. The van der Waals surface area contributed by atoms with Crippen LogP contribution in [0.1, 0.15) is 18.2 Å². The van der Waals surface area contributed by atoms with Gasteiger partial charge < -0.3 is 0 Å². The van der Waals surface area contributed by atoms with E-state index in [-0.39, 0.29) is 10.8 Å². The van der Waals surface area contributed by atoms with E-state index in [0.29, 0.717) is 33.4 Å². The molecule has 0 spiro atoms. The number of amides is 1. The largest absolute Gasteiger partial charge is 0.280 e. The van der Waals surface area contributed by atoms with E-state index in [4.69, 9.17) is 11.6 Å². The molecule has 1 aliphatic heterocycles. The second-order valence-corrected chi connectivity index (χ2v) is 9.70. The maximum atomic E-state index is 12.9. The number of halogens is 1. The fourth-order valence-corrected chi connectivity index (χ4v) is 4.22. The summed E-state index contributed by atoms with van der Waals surface area (Å²) in [5.74, 6) is -0.416. The van der Waals surface area contributed by atoms with Gasteiger partial charge in [-0.1, -0.05) is 30.3 Å². The number of sulfonamides is 1. The lowest BCUT2D eigenvalue weighted by molar-refractivity contribution is -0.126. The molecule has 12 heteroatoms. The lowest BCUT2D eigenvalue weighted by atomic mass is 10.1. The number of carbonyl (C=O) groups is 1. The zero-order valence-electron chi connectivity index (χ0n) is 18.8. The molecule has 1 aromatic heterocycles. The summed E-state index contributed by atoms with van der Waals surface area (Å²) in [5.41, 5.74) is 2.53. The molecule has 0 radical (unpaired) electrons. The van der Waals surface area contributed by atoms with Gasteiger partial charge in [-0.15, -0.1) is 0 Å². The Bertz CT molecular complexity index is 1450. The maximum Gasteiger partial charge on any atom is 0.280 e. The number of carbonyl (C=O) groups excluding carboxylic acids is 1. The highest BCUT2D eigenvalue weighted by Gasteiger charge is 2.35. The lowest BCUT2D eigenvalue weighted by Gasteiger charge is -2.15. The van der Waals surface area contributed by atoms with Gasteiger partial charge in [0, 0.05) is 16.9 Å². The number of hydrazone groups is 1. The fourth-order valence-electron chi connectivity index (χ4n) is 3.14. The van der Waals surface area contributed by atoms with Crippen LogP contribution < -0.4 is 4.72 Å². The van der Waals surface area contributed by atoms with E-state index in [1.165, 1.54) is 35.5 Å². The molecule has 1 unspecified atom stereocenters. The zero-order valence-corrected chi connectivity index (χ0v) is 20.3. The van der Waals surface area contributed by atoms with Gasteiger partial charge in [-0.25, -0.2) is 23.1 Å². The lowest BCUT2D eigenvalue weighted by Crippen LogP contribution is -2.28. The van der Waals surface area contributed by atoms with Crippen LogP contribution in [-0.2, 0) is 14.8 Å². The van der Waals surface area contributed by atoms with Crippen LogP contribution in [0.25, 0.3) is 5.70 Å². The average Bonchev–Trinajstić information content (AvgIpc) is 3.11. The predicted octanol–water partition coefficient (Wildman–Crippen LogP) is 4.58. The standard InChI is InChI=1S/C23H20ClN7O3S/c1-14-12-13-25-23(26-14)30-35(33,34)20-10-8-19(9-11-20)27-28-21-15(2)29-31(22(21)32)16(3)17-4-6-18(24)7-5-17/h4-13,21H,3H2,1-2H3,(H,25,26,30)/b28-27+. The number of rotatable bonds is 7. The Morgan fingerprint density at radius 1 is 1.09 bits per heavy atom. The predicted molar refractivity (Wildman–Crippen MR) is 133 cm³/mol. The Hall–Kier alpha value is -3.96. The molecule has 2 aromatic carbocycles. The average molecular weight is 510 g/mol. The van der Waals surface area contributed by atoms with Crippen molar-refractivity contribution in [2.24, 2.45) is 15.3 Å². The summed E-state index contributed by atoms with van der Waals surface area (Å²) in [6, 6.07) is 13.3. The minimum Gasteiger partial charge on any atom is -0.269 e. The number of hydrogen-bond acceptors (Lipinski definition) is 8. The normalized spacial score (nSPS) is 16.0. The first-order valence-electron chi connectivity index (χ1n) is 10.3. The highest BCUT2D eigenvalue weighted by atomic mass is 35.5. The Labute approximate surface area is 207 Å². The first-order valence-corrected chi connectivity index (χ1v) is 12.2. The van der Waals surface area contributed by atoms with Gasteiger partial charge in [0.25, 0.3) is 15.9 Å². The summed E-state index contributed by atoms with van der Waals surface area (Å²) in [4.78, 5) is 20.8. The number of nitrogens with one attached hydrogen (secondary N) is 1. The van der Waals surface area contributed by atoms with Crippen LogP contribution >= 0.6 is 11.6 Å². The van der Waals surface area contributed by atoms with Gasteiger partial charge in [-0.05, 0) is 61.9 Å². The van der Waals surface area contributed by atoms with Crippen LogP contribution in [-0.4, -0.2) is 41.1 Å². The Balaban J connectivity index is 1.45. The van der Waals surface area contributed by atoms with Gasteiger partial charge in [-0.2, -0.15) is 20.3 Å². The second-order valence-electron chi connectivity index (χ2n) is 7.58. The molecule has 4 rings (SSSR count). The van der Waals surface area contributed by atoms with Crippen molar-refractivity contribution in [1.29, 1.82) is 0 Å². The second kappa shape index (κ2) is 9.72. The van der Waals surface area contributed by atoms with Crippen molar-refractivity contribution in [3.05, 3.63) is 83.7 Å². The SMILES string of the molecule is C=C(c1ccc(Cl)cc1)N1N=C(C)C(/N=N/c2ccc(S(=O)(=O)Nc3nccc(C)n3)cc2)C1=O. The smallest absolute Gasteiger partial charge is 0.269 e. The summed E-state index contributed by atoms with van der Waals surface area (Å²) in [7, 11) is -3.89. The molecule has 10 nitrogen and oxygen atoms in total. The molecule has 2 heterocycles. The maximum absolute atomic E-state index is 12.9. The van der Waals surface area contributed by atoms with Crippen LogP contribution in [0.3, 0.4) is 0 Å². The quantitative estimate of drug-likeness (QED) is 0.466. The van der Waals surface area contributed by atoms with Crippen molar-refractivity contribution >= 4 is 50.6 Å². The molecule has 0 aliphatic carbocycles. The monoisotopic (exact) mass is 509 g/mol. The summed E-state index contributed by atoms with van der Waals surface area (Å²) in [6.45, 7) is 7.35. The van der Waals surface area contributed by atoms with Crippen LogP contribution in [0.2, 0.25) is 5.02 Å². The molecule has 1 N–H and O–H groups in total. The first-order chi connectivity index (χ1) is 16.6. The van der Waals surface area contributed by atoms with E-state index in [1.54, 1.807) is 44.2 Å². The summed E-state index contributed by atoms with van der Waals surface area (Å²) in [5, 5.41) is 14.2. The summed E-state index contributed by atoms with van der Waals surface area (Å²) < 4.78 is 27.5. The number of anilines is 1. The minimum absolute atomic E-state index is 0.00156. The molecule has 178 valence electrons. The van der Waals surface area contributed by atoms with E-state index in [0.717, 1.165) is 0 Å². The first kappa shape index (κ1) is 24.2. The third-order valence-electron chi connectivity index (χ3n) is 4.99. The van der Waals surface area contributed by atoms with E-state index in [1.807, 2.05) is 0 Å². The topological polar surface area (TPSA) is 129 Å². The van der Waals surface area contributed by atoms with Gasteiger partial charge in [0.1, 0.15) is 0 Å². The summed E-state index contributed by atoms with van der Waals surface area (Å²) in [6.07, 6.45) is 1.46. The molecule has 0 saturated carbocycles. The molecule has 0 saturated heterocycles. The van der Waals surface area contributed by atoms with Crippen molar-refractivity contribution in [1.82, 2.24) is 15.0 Å². The molecule has 1 aliphatic rings.